The van der Waals surface area contributed by atoms with Crippen LogP contribution in [0.15, 0.2) is 89.8 Å². The van der Waals surface area contributed by atoms with Gasteiger partial charge in [-0.05, 0) is 35.4 Å². The molecule has 0 aliphatic rings. The van der Waals surface area contributed by atoms with E-state index in [1.54, 1.807) is 12.1 Å². The van der Waals surface area contributed by atoms with Gasteiger partial charge in [0.05, 0.1) is 7.11 Å². The molecule has 3 aromatic rings. The first-order valence-electron chi connectivity index (χ1n) is 10.0. The number of halogens is 1. The van der Waals surface area contributed by atoms with Crippen molar-refractivity contribution in [1.29, 1.82) is 0 Å². The molecule has 0 spiro atoms. The number of hydrogen-bond acceptors (Lipinski definition) is 5. The van der Waals surface area contributed by atoms with Crippen LogP contribution in [-0.2, 0) is 27.3 Å². The van der Waals surface area contributed by atoms with Crippen molar-refractivity contribution in [2.24, 2.45) is 0 Å². The van der Waals surface area contributed by atoms with Crippen LogP contribution in [0.3, 0.4) is 0 Å². The molecule has 3 aromatic carbocycles. The average molecular weight is 454 g/mol. The highest BCUT2D eigenvalue weighted by Gasteiger charge is 2.42. The molecule has 166 valence electrons. The summed E-state index contributed by atoms with van der Waals surface area (Å²) in [7, 11) is 1.28. The van der Waals surface area contributed by atoms with Gasteiger partial charge in [0.2, 0.25) is 0 Å². The number of methoxy groups -OCH3 is 1. The quantitative estimate of drug-likeness (QED) is 0.365. The van der Waals surface area contributed by atoms with Crippen LogP contribution in [0.1, 0.15) is 11.1 Å². The van der Waals surface area contributed by atoms with E-state index in [4.69, 9.17) is 9.47 Å². The normalized spacial score (nSPS) is 12.4. The maximum absolute atomic E-state index is 13.3. The number of benzene rings is 3. The van der Waals surface area contributed by atoms with Gasteiger partial charge in [-0.25, -0.2) is 14.0 Å². The van der Waals surface area contributed by atoms with Crippen molar-refractivity contribution in [1.82, 2.24) is 5.32 Å². The predicted octanol–water partition coefficient (Wildman–Crippen LogP) is 5.00. The molecule has 0 aliphatic carbocycles. The largest absolute Gasteiger partial charge is 0.467 e. The molecule has 1 unspecified atom stereocenters. The van der Waals surface area contributed by atoms with Crippen LogP contribution in [-0.4, -0.2) is 30.5 Å². The second-order valence-corrected chi connectivity index (χ2v) is 8.21. The Bertz CT molecular complexity index is 1020. The van der Waals surface area contributed by atoms with Crippen LogP contribution in [0, 0.1) is 5.82 Å². The summed E-state index contributed by atoms with van der Waals surface area (Å²) in [6.07, 6.45) is -0.523. The number of thioether (sulfide) groups is 1. The topological polar surface area (TPSA) is 64.6 Å². The molecule has 0 radical (unpaired) electrons. The summed E-state index contributed by atoms with van der Waals surface area (Å²) in [4.78, 5) is 26.4. The number of carbonyl (C=O) groups is 2. The van der Waals surface area contributed by atoms with Crippen molar-refractivity contribution in [2.75, 3.05) is 12.9 Å². The Hall–Kier alpha value is -3.32. The fraction of sp³-hybridized carbons (Fsp3) is 0.200. The molecule has 1 atom stereocenters. The van der Waals surface area contributed by atoms with E-state index >= 15 is 0 Å². The van der Waals surface area contributed by atoms with E-state index in [2.05, 4.69) is 5.32 Å². The fourth-order valence-electron chi connectivity index (χ4n) is 3.15. The van der Waals surface area contributed by atoms with E-state index < -0.39 is 17.6 Å². The van der Waals surface area contributed by atoms with Gasteiger partial charge < -0.3 is 14.8 Å². The Morgan fingerprint density at radius 2 is 1.50 bits per heavy atom. The SMILES string of the molecule is COC(=O)C(CSc1ccc(F)cc1)(Cc1ccccc1)NC(=O)OCc1ccccc1. The molecule has 7 heteroatoms. The molecule has 0 fully saturated rings. The number of hydrogen-bond donors (Lipinski definition) is 1. The van der Waals surface area contributed by atoms with E-state index in [0.717, 1.165) is 16.0 Å². The zero-order chi connectivity index (χ0) is 22.8. The highest BCUT2D eigenvalue weighted by atomic mass is 32.2. The molecular weight excluding hydrogens is 429 g/mol. The summed E-state index contributed by atoms with van der Waals surface area (Å²) < 4.78 is 23.7. The number of carbonyl (C=O) groups excluding carboxylic acids is 2. The number of rotatable bonds is 9. The third-order valence-corrected chi connectivity index (χ3v) is 6.02. The highest BCUT2D eigenvalue weighted by molar-refractivity contribution is 7.99. The first-order valence-corrected chi connectivity index (χ1v) is 11.0. The van der Waals surface area contributed by atoms with Crippen LogP contribution in [0.25, 0.3) is 0 Å². The summed E-state index contributed by atoms with van der Waals surface area (Å²) in [5.41, 5.74) is 0.291. The molecule has 1 N–H and O–H groups in total. The van der Waals surface area contributed by atoms with Crippen LogP contribution in [0.5, 0.6) is 0 Å². The number of nitrogens with one attached hydrogen (secondary N) is 1. The van der Waals surface area contributed by atoms with Crippen molar-refractivity contribution in [3.05, 3.63) is 102 Å². The second-order valence-electron chi connectivity index (χ2n) is 7.17. The van der Waals surface area contributed by atoms with Gasteiger partial charge in [-0.3, -0.25) is 0 Å². The summed E-state index contributed by atoms with van der Waals surface area (Å²) >= 11 is 1.32. The van der Waals surface area contributed by atoms with Gasteiger partial charge >= 0.3 is 12.1 Å². The zero-order valence-electron chi connectivity index (χ0n) is 17.6. The number of alkyl carbamates (subject to hydrolysis) is 1. The van der Waals surface area contributed by atoms with E-state index in [-0.39, 0.29) is 24.6 Å². The lowest BCUT2D eigenvalue weighted by molar-refractivity contribution is -0.147. The van der Waals surface area contributed by atoms with Gasteiger partial charge in [-0.2, -0.15) is 0 Å². The minimum Gasteiger partial charge on any atom is -0.467 e. The Kier molecular flexibility index (Phi) is 8.27. The number of amides is 1. The van der Waals surface area contributed by atoms with Crippen molar-refractivity contribution >= 4 is 23.8 Å². The standard InChI is InChI=1S/C25H24FNO4S/c1-30-23(28)25(16-19-8-4-2-5-9-19,18-32-22-14-12-21(26)13-15-22)27-24(29)31-17-20-10-6-3-7-11-20/h2-15H,16-18H2,1H3,(H,27,29). The van der Waals surface area contributed by atoms with Gasteiger partial charge in [0.1, 0.15) is 12.4 Å². The Morgan fingerprint density at radius 1 is 0.906 bits per heavy atom. The van der Waals surface area contributed by atoms with Crippen LogP contribution >= 0.6 is 11.8 Å². The molecule has 0 bridgehead atoms. The lowest BCUT2D eigenvalue weighted by Gasteiger charge is -2.31. The third-order valence-electron chi connectivity index (χ3n) is 4.78. The molecule has 3 rings (SSSR count). The smallest absolute Gasteiger partial charge is 0.408 e. The van der Waals surface area contributed by atoms with Gasteiger partial charge in [0.25, 0.3) is 0 Å². The molecule has 5 nitrogen and oxygen atoms in total. The van der Waals surface area contributed by atoms with E-state index in [9.17, 15) is 14.0 Å². The van der Waals surface area contributed by atoms with E-state index in [1.807, 2.05) is 60.7 Å². The second kappa shape index (κ2) is 11.3. The van der Waals surface area contributed by atoms with Gasteiger partial charge in [0, 0.05) is 17.1 Å². The van der Waals surface area contributed by atoms with Crippen LogP contribution < -0.4 is 5.32 Å². The summed E-state index contributed by atoms with van der Waals surface area (Å²) in [6.45, 7) is 0.0698. The molecule has 1 amide bonds. The van der Waals surface area contributed by atoms with Crippen molar-refractivity contribution in [2.45, 2.75) is 23.5 Å². The van der Waals surface area contributed by atoms with E-state index in [0.29, 0.717) is 0 Å². The third kappa shape index (κ3) is 6.59. The Labute approximate surface area is 190 Å². The molecule has 0 aromatic heterocycles. The summed E-state index contributed by atoms with van der Waals surface area (Å²) in [5, 5.41) is 2.75. The Balaban J connectivity index is 1.81. The summed E-state index contributed by atoms with van der Waals surface area (Å²) in [6, 6.07) is 24.5. The number of ether oxygens (including phenoxy) is 2. The summed E-state index contributed by atoms with van der Waals surface area (Å²) in [5.74, 6) is -0.770. The zero-order valence-corrected chi connectivity index (χ0v) is 18.4. The van der Waals surface area contributed by atoms with Crippen molar-refractivity contribution in [3.8, 4) is 0 Å². The fourth-order valence-corrected chi connectivity index (χ4v) is 4.18. The van der Waals surface area contributed by atoms with E-state index in [1.165, 1.54) is 31.0 Å². The van der Waals surface area contributed by atoms with Crippen LogP contribution in [0.4, 0.5) is 9.18 Å². The Morgan fingerprint density at radius 3 is 2.09 bits per heavy atom. The maximum Gasteiger partial charge on any atom is 0.408 e. The molecule has 0 saturated carbocycles. The molecule has 0 saturated heterocycles. The monoisotopic (exact) mass is 453 g/mol. The van der Waals surface area contributed by atoms with Gasteiger partial charge in [-0.15, -0.1) is 11.8 Å². The first kappa shape index (κ1) is 23.3. The number of esters is 1. The highest BCUT2D eigenvalue weighted by Crippen LogP contribution is 2.27. The molecule has 32 heavy (non-hydrogen) atoms. The minimum atomic E-state index is -1.39. The first-order chi connectivity index (χ1) is 15.5. The molecule has 0 aliphatic heterocycles. The lowest BCUT2D eigenvalue weighted by atomic mass is 9.92. The maximum atomic E-state index is 13.3. The van der Waals surface area contributed by atoms with Gasteiger partial charge in [-0.1, -0.05) is 60.7 Å². The van der Waals surface area contributed by atoms with Crippen molar-refractivity contribution in [3.63, 3.8) is 0 Å². The molecule has 0 heterocycles. The van der Waals surface area contributed by atoms with Crippen LogP contribution in [0.2, 0.25) is 0 Å². The van der Waals surface area contributed by atoms with Gasteiger partial charge in [0.15, 0.2) is 5.54 Å². The molecular formula is C25H24FNO4S. The predicted molar refractivity (Wildman–Crippen MR) is 122 cm³/mol. The van der Waals surface area contributed by atoms with Crippen molar-refractivity contribution < 1.29 is 23.5 Å². The average Bonchev–Trinajstić information content (AvgIpc) is 2.83. The minimum absolute atomic E-state index is 0.0698. The lowest BCUT2D eigenvalue weighted by Crippen LogP contribution is -2.58.